The zero-order valence-corrected chi connectivity index (χ0v) is 58.5. The minimum absolute atomic E-state index is 0.00394. The molecule has 614 valence electrons. The Balaban J connectivity index is 0.000000398. The van der Waals surface area contributed by atoms with Crippen LogP contribution in [0.25, 0.3) is 73.1 Å². The number of aliphatic hydroxyl groups is 18. The first-order valence-corrected chi connectivity index (χ1v) is 33.4. The third-order valence-corrected chi connectivity index (χ3v) is 17.9. The third-order valence-electron chi connectivity index (χ3n) is 17.9. The highest BCUT2D eigenvalue weighted by Gasteiger charge is 2.54. The lowest BCUT2D eigenvalue weighted by atomic mass is 9.76. The van der Waals surface area contributed by atoms with Gasteiger partial charge in [0.05, 0.1) is 80.6 Å². The second-order valence-corrected chi connectivity index (χ2v) is 26.5. The summed E-state index contributed by atoms with van der Waals surface area (Å²) in [7, 11) is 0. The molecule has 33 atom stereocenters. The molecule has 3 aliphatic carbocycles. The summed E-state index contributed by atoms with van der Waals surface area (Å²) in [4.78, 5) is 64.5. The molecule has 0 aromatic heterocycles. The monoisotopic (exact) mass is 1570 g/mol. The number of ketones is 2. The van der Waals surface area contributed by atoms with Gasteiger partial charge < -0.3 is 147 Å². The molecule has 6 fully saturated rings. The highest BCUT2D eigenvalue weighted by molar-refractivity contribution is 5.83. The van der Waals surface area contributed by atoms with Crippen molar-refractivity contribution in [2.45, 2.75) is 267 Å². The second kappa shape index (κ2) is 46.8. The standard InChI is InChI=1S/C17H27N9O9.C17H29N7O9.C17H31N5O9.C4H7N3O3/c18-24-21-2-1-8(28)9(29)4-6-3-7(22-25-19)16(15(33)12(6)30)35-17-11(23-26-20)14(32)13(31)10(5-27)34-17;1-17(2,3)33-16(30)20-6-4-7(21-23-18)14(13(29)10(6)26)32-15-9(22-24-19)12(28)11(27)8(5-25)31-15;18-7-3-6(4-9(25)8(24)1-2-21-22-20)12(26)15(29)16(7)31-17-11(19)14(28)13(27)10(5-23)30-17;5-7-6-2-1-3(8)4(9)10/h6-8,10-17,27-28,30-33H,1-5H2;6-15,25-29H,4-5H2,1-3H3,(H,20,30);6-8,10-17,23-24,26-29H,1-5,18-19H2;3,8H,1-2H2,(H,9,10)/t6-,7?,8-,10?,11?,12?,13+,14+,15+,16+,17+;6-,7?,8?,9?,10?,11-,12-,13-,14-,15-;6-,7?,8-,10?,11?,12?,13+,14+,15+,16+,17+;3-/m0100/s1. The minimum Gasteiger partial charge on any atom is -0.479 e. The summed E-state index contributed by atoms with van der Waals surface area (Å²) in [5.41, 5.74) is 70.9. The summed E-state index contributed by atoms with van der Waals surface area (Å²) in [6.45, 7) is 2.68. The Morgan fingerprint density at radius 3 is 1.21 bits per heavy atom. The molecule has 0 radical (unpaired) electrons. The van der Waals surface area contributed by atoms with Crippen molar-refractivity contribution in [3.8, 4) is 0 Å². The number of ether oxygens (including phenoxy) is 7. The Morgan fingerprint density at radius 2 is 0.826 bits per heavy atom. The summed E-state index contributed by atoms with van der Waals surface area (Å²) < 4.78 is 38.1. The number of aliphatic carboxylic acids is 1. The molecule has 3 aliphatic heterocycles. The smallest absolute Gasteiger partial charge is 0.407 e. The topological polar surface area (TPSA) is 923 Å². The fourth-order valence-corrected chi connectivity index (χ4v) is 12.0. The third kappa shape index (κ3) is 27.9. The van der Waals surface area contributed by atoms with E-state index in [-0.39, 0.29) is 64.6 Å². The van der Waals surface area contributed by atoms with Crippen LogP contribution in [0, 0.1) is 11.8 Å². The first-order chi connectivity index (χ1) is 51.4. The first-order valence-electron chi connectivity index (χ1n) is 33.4. The maximum Gasteiger partial charge on any atom is 0.407 e. The van der Waals surface area contributed by atoms with Crippen molar-refractivity contribution in [2.24, 2.45) is 59.1 Å². The number of nitrogens with two attached hydrogens (primary N) is 2. The Hall–Kier alpha value is -7.79. The number of hydrogen-bond donors (Lipinski definition) is 22. The summed E-state index contributed by atoms with van der Waals surface area (Å²) >= 11 is 0. The summed E-state index contributed by atoms with van der Waals surface area (Å²) in [6.07, 6.45) is -37.7. The van der Waals surface area contributed by atoms with Crippen LogP contribution in [0.4, 0.5) is 4.79 Å². The molecule has 54 nitrogen and oxygen atoms in total. The highest BCUT2D eigenvalue weighted by atomic mass is 16.7. The number of nitrogens with zero attached hydrogens (tertiary/aromatic N) is 21. The molecule has 24 N–H and O–H groups in total. The van der Waals surface area contributed by atoms with Crippen LogP contribution in [-0.4, -0.2) is 355 Å². The van der Waals surface area contributed by atoms with Gasteiger partial charge in [-0.15, -0.1) is 0 Å². The summed E-state index contributed by atoms with van der Waals surface area (Å²) in [5, 5.41) is 214. The molecule has 12 unspecified atom stereocenters. The lowest BCUT2D eigenvalue weighted by Gasteiger charge is -2.46. The maximum atomic E-state index is 12.3. The number of alkyl carbamates (subject to hydrolysis) is 1. The lowest BCUT2D eigenvalue weighted by molar-refractivity contribution is -0.295. The van der Waals surface area contributed by atoms with Crippen molar-refractivity contribution < 1.29 is 149 Å². The predicted octanol–water partition coefficient (Wildman–Crippen LogP) is -5.52. The molecule has 109 heavy (non-hydrogen) atoms. The van der Waals surface area contributed by atoms with Crippen LogP contribution in [0.1, 0.15) is 72.1 Å². The van der Waals surface area contributed by atoms with Gasteiger partial charge in [0.15, 0.2) is 36.5 Å². The van der Waals surface area contributed by atoms with E-state index < -0.39 is 257 Å². The van der Waals surface area contributed by atoms with Gasteiger partial charge in [-0.2, -0.15) is 0 Å². The molecular formula is C55H94N24O30. The molecule has 3 heterocycles. The van der Waals surface area contributed by atoms with E-state index >= 15 is 0 Å². The molecular weight excluding hydrogens is 1480 g/mol. The Bertz CT molecular complexity index is 3250. The van der Waals surface area contributed by atoms with Gasteiger partial charge in [-0.25, -0.2) is 9.59 Å². The van der Waals surface area contributed by atoms with E-state index in [1.807, 2.05) is 0 Å². The van der Waals surface area contributed by atoms with E-state index in [0.29, 0.717) is 0 Å². The maximum absolute atomic E-state index is 12.3. The zero-order valence-electron chi connectivity index (χ0n) is 58.5. The number of carbonyl (C=O) groups excluding carboxylic acids is 3. The normalized spacial score (nSPS) is 36.9. The quantitative estimate of drug-likeness (QED) is 0.0181. The lowest BCUT2D eigenvalue weighted by Crippen LogP contribution is -2.66. The van der Waals surface area contributed by atoms with Crippen LogP contribution in [0.5, 0.6) is 0 Å². The average molecular weight is 1570 g/mol. The fourth-order valence-electron chi connectivity index (χ4n) is 12.0. The molecule has 3 saturated heterocycles. The van der Waals surface area contributed by atoms with Crippen LogP contribution >= 0.6 is 0 Å². The zero-order chi connectivity index (χ0) is 82.3. The number of aliphatic hydroxyl groups excluding tert-OH is 18. The Morgan fingerprint density at radius 1 is 0.468 bits per heavy atom. The SMILES string of the molecule is CC(C)(C)OC(=O)N[C@@H]1CC(N=[N+]=[N-])[C@@H](O[C@H]2OC(CO)[C@@H](O)[C@H](O)C2N=[N+]=[N-])[C@H](O)C1O.[N-]=[N+]=NCC[C@H](O)C(=O)C[C@@H]1CC(N)[C@@H](O[C@H]2OC(CO)[C@@H](O)[C@H](O)C2N)[C@H](O)C1O.[N-]=[N+]=NCC[C@H](O)C(=O)C[C@@H]1CC(N=[N+]=[N-])[C@@H](O[C@H]2OC(CO)[C@@H](O)[C@H](O)C2N=[N+]=[N-])[C@H](O)C1O.[N-]=[N+]=NCC[C@H](O)C(=O)O. The average Bonchev–Trinajstić information content (AvgIpc) is 0.792. The summed E-state index contributed by atoms with van der Waals surface area (Å²) in [5.74, 6) is -4.27. The van der Waals surface area contributed by atoms with E-state index in [4.69, 9.17) is 93.6 Å². The number of hydrogen-bond acceptors (Lipinski definition) is 38. The highest BCUT2D eigenvalue weighted by Crippen LogP contribution is 2.38. The molecule has 6 rings (SSSR count). The van der Waals surface area contributed by atoms with Gasteiger partial charge in [0.25, 0.3) is 0 Å². The van der Waals surface area contributed by atoms with Gasteiger partial charge in [-0.05, 0) is 110 Å². The van der Waals surface area contributed by atoms with E-state index in [9.17, 15) is 106 Å². The van der Waals surface area contributed by atoms with Gasteiger partial charge >= 0.3 is 12.1 Å². The molecule has 1 amide bonds. The van der Waals surface area contributed by atoms with Crippen molar-refractivity contribution in [1.29, 1.82) is 0 Å². The number of rotatable bonds is 30. The molecule has 0 aromatic carbocycles. The van der Waals surface area contributed by atoms with Crippen molar-refractivity contribution >= 4 is 23.6 Å². The van der Waals surface area contributed by atoms with Crippen molar-refractivity contribution in [3.05, 3.63) is 73.1 Å². The molecule has 3 saturated carbocycles. The number of azide groups is 7. The molecule has 6 aliphatic rings. The van der Waals surface area contributed by atoms with E-state index in [2.05, 4.69) is 75.5 Å². The number of carboxylic acids is 1. The van der Waals surface area contributed by atoms with Crippen LogP contribution in [0.2, 0.25) is 0 Å². The van der Waals surface area contributed by atoms with E-state index in [0.717, 1.165) is 0 Å². The second-order valence-electron chi connectivity index (χ2n) is 26.5. The molecule has 54 heteroatoms. The number of amides is 1. The van der Waals surface area contributed by atoms with Gasteiger partial charge in [-0.1, -0.05) is 35.8 Å². The van der Waals surface area contributed by atoms with Gasteiger partial charge in [-0.3, -0.25) is 9.59 Å². The minimum atomic E-state index is -1.75. The first kappa shape index (κ1) is 95.4. The van der Waals surface area contributed by atoms with Crippen molar-refractivity contribution in [2.75, 3.05) is 39.5 Å². The molecule has 0 aromatic rings. The van der Waals surface area contributed by atoms with Gasteiger partial charge in [0, 0.05) is 72.9 Å². The number of carbonyl (C=O) groups is 4. The Labute approximate surface area is 615 Å². The fraction of sp³-hybridized carbons (Fsp3) is 0.927. The van der Waals surface area contributed by atoms with Crippen LogP contribution in [0.15, 0.2) is 35.8 Å². The van der Waals surface area contributed by atoms with Crippen molar-refractivity contribution in [3.63, 3.8) is 0 Å². The van der Waals surface area contributed by atoms with Crippen molar-refractivity contribution in [1.82, 2.24) is 5.32 Å². The largest absolute Gasteiger partial charge is 0.479 e. The number of carboxylic acid groups (broad SMARTS) is 1. The van der Waals surface area contributed by atoms with Crippen LogP contribution in [0.3, 0.4) is 0 Å². The summed E-state index contributed by atoms with van der Waals surface area (Å²) in [6, 6.07) is -8.43. The Kier molecular flexibility index (Phi) is 40.9. The van der Waals surface area contributed by atoms with E-state index in [1.54, 1.807) is 20.8 Å². The van der Waals surface area contributed by atoms with Gasteiger partial charge in [0.2, 0.25) is 0 Å². The number of nitrogens with one attached hydrogen (secondary N) is 1. The van der Waals surface area contributed by atoms with Gasteiger partial charge in [0.1, 0.15) is 103 Å². The molecule has 0 spiro atoms. The number of Topliss-reactive ketones (excluding diaryl/α,β-unsaturated/α-hetero) is 2. The molecule has 0 bridgehead atoms. The van der Waals surface area contributed by atoms with Crippen LogP contribution in [-0.2, 0) is 47.5 Å². The predicted molar refractivity (Wildman–Crippen MR) is 356 cm³/mol. The van der Waals surface area contributed by atoms with Crippen LogP contribution < -0.4 is 16.8 Å². The van der Waals surface area contributed by atoms with E-state index in [1.165, 1.54) is 0 Å².